The molecule has 1 unspecified atom stereocenters. The molecular formula is C11H19N3O. The Morgan fingerprint density at radius 3 is 3.13 bits per heavy atom. The molecule has 1 fully saturated rings. The maximum atomic E-state index is 5.54. The molecule has 4 heteroatoms. The predicted molar refractivity (Wildman–Crippen MR) is 58.6 cm³/mol. The van der Waals surface area contributed by atoms with Crippen LogP contribution in [0.1, 0.15) is 24.1 Å². The highest BCUT2D eigenvalue weighted by atomic mass is 16.5. The fourth-order valence-corrected chi connectivity index (χ4v) is 1.89. The van der Waals surface area contributed by atoms with Gasteiger partial charge in [0.05, 0.1) is 12.3 Å². The van der Waals surface area contributed by atoms with Crippen molar-refractivity contribution >= 4 is 0 Å². The fraction of sp³-hybridized carbons (Fsp3) is 0.727. The lowest BCUT2D eigenvalue weighted by atomic mass is 10.2. The van der Waals surface area contributed by atoms with Gasteiger partial charge in [0, 0.05) is 38.0 Å². The average molecular weight is 209 g/mol. The lowest BCUT2D eigenvalue weighted by molar-refractivity contribution is 0.110. The summed E-state index contributed by atoms with van der Waals surface area (Å²) in [6.45, 7) is 4.86. The van der Waals surface area contributed by atoms with Crippen molar-refractivity contribution in [1.29, 1.82) is 0 Å². The van der Waals surface area contributed by atoms with Crippen LogP contribution in [0.4, 0.5) is 0 Å². The van der Waals surface area contributed by atoms with Crippen LogP contribution >= 0.6 is 0 Å². The van der Waals surface area contributed by atoms with Crippen LogP contribution < -0.4 is 5.32 Å². The molecule has 15 heavy (non-hydrogen) atoms. The lowest BCUT2D eigenvalue weighted by Crippen LogP contribution is -2.25. The third-order valence-corrected chi connectivity index (χ3v) is 3.05. The minimum atomic E-state index is 0.418. The third kappa shape index (κ3) is 2.58. The number of nitrogens with zero attached hydrogens (tertiary/aromatic N) is 2. The van der Waals surface area contributed by atoms with Crippen LogP contribution in [-0.4, -0.2) is 29.0 Å². The molecule has 2 rings (SSSR count). The van der Waals surface area contributed by atoms with Crippen molar-refractivity contribution < 1.29 is 4.74 Å². The molecule has 1 aliphatic heterocycles. The number of nitrogens with one attached hydrogen (secondary N) is 1. The molecule has 1 aromatic rings. The van der Waals surface area contributed by atoms with Crippen LogP contribution in [0.3, 0.4) is 0 Å². The van der Waals surface area contributed by atoms with E-state index in [1.807, 2.05) is 17.9 Å². The molecule has 1 aromatic heterocycles. The monoisotopic (exact) mass is 209 g/mol. The third-order valence-electron chi connectivity index (χ3n) is 3.05. The second kappa shape index (κ2) is 4.77. The second-order valence-corrected chi connectivity index (χ2v) is 4.14. The van der Waals surface area contributed by atoms with Gasteiger partial charge in [-0.3, -0.25) is 4.68 Å². The quantitative estimate of drug-likeness (QED) is 0.804. The Hall–Kier alpha value is -0.870. The van der Waals surface area contributed by atoms with E-state index in [1.54, 1.807) is 0 Å². The zero-order valence-corrected chi connectivity index (χ0v) is 9.49. The average Bonchev–Trinajstić information content (AvgIpc) is 2.83. The first-order valence-electron chi connectivity index (χ1n) is 5.57. The summed E-state index contributed by atoms with van der Waals surface area (Å²) >= 11 is 0. The van der Waals surface area contributed by atoms with E-state index in [0.717, 1.165) is 19.7 Å². The van der Waals surface area contributed by atoms with E-state index in [1.165, 1.54) is 24.1 Å². The van der Waals surface area contributed by atoms with E-state index < -0.39 is 0 Å². The first-order chi connectivity index (χ1) is 7.27. The van der Waals surface area contributed by atoms with Crippen LogP contribution in [-0.2, 0) is 18.3 Å². The van der Waals surface area contributed by atoms with Crippen molar-refractivity contribution in [3.05, 3.63) is 17.5 Å². The number of aryl methyl sites for hydroxylation is 1. The van der Waals surface area contributed by atoms with Gasteiger partial charge in [0.2, 0.25) is 0 Å². The van der Waals surface area contributed by atoms with Gasteiger partial charge in [-0.15, -0.1) is 0 Å². The number of aromatic nitrogens is 2. The fourth-order valence-electron chi connectivity index (χ4n) is 1.89. The van der Waals surface area contributed by atoms with Gasteiger partial charge in [0.15, 0.2) is 0 Å². The predicted octanol–water partition coefficient (Wildman–Crippen LogP) is 0.997. The van der Waals surface area contributed by atoms with Gasteiger partial charge in [0.1, 0.15) is 0 Å². The van der Waals surface area contributed by atoms with Gasteiger partial charge in [-0.2, -0.15) is 5.10 Å². The van der Waals surface area contributed by atoms with Crippen molar-refractivity contribution in [1.82, 2.24) is 15.1 Å². The molecule has 84 valence electrons. The molecule has 1 aliphatic rings. The van der Waals surface area contributed by atoms with Crippen LogP contribution in [0.2, 0.25) is 0 Å². The Kier molecular flexibility index (Phi) is 3.38. The minimum Gasteiger partial charge on any atom is -0.377 e. The van der Waals surface area contributed by atoms with Crippen molar-refractivity contribution in [2.45, 2.75) is 32.4 Å². The van der Waals surface area contributed by atoms with Gasteiger partial charge in [-0.25, -0.2) is 0 Å². The van der Waals surface area contributed by atoms with Crippen LogP contribution in [0.25, 0.3) is 0 Å². The number of hydrogen-bond donors (Lipinski definition) is 1. The van der Waals surface area contributed by atoms with Crippen molar-refractivity contribution in [2.75, 3.05) is 13.2 Å². The summed E-state index contributed by atoms with van der Waals surface area (Å²) in [6.07, 6.45) is 4.75. The summed E-state index contributed by atoms with van der Waals surface area (Å²) in [7, 11) is 1.97. The summed E-state index contributed by atoms with van der Waals surface area (Å²) < 4.78 is 7.45. The molecule has 2 heterocycles. The Morgan fingerprint density at radius 1 is 1.67 bits per heavy atom. The van der Waals surface area contributed by atoms with E-state index in [9.17, 15) is 0 Å². The maximum Gasteiger partial charge on any atom is 0.0700 e. The summed E-state index contributed by atoms with van der Waals surface area (Å²) in [5.41, 5.74) is 2.50. The minimum absolute atomic E-state index is 0.418. The van der Waals surface area contributed by atoms with E-state index in [-0.39, 0.29) is 0 Å². The summed E-state index contributed by atoms with van der Waals surface area (Å²) in [5, 5.41) is 7.63. The van der Waals surface area contributed by atoms with Crippen molar-refractivity contribution in [3.8, 4) is 0 Å². The van der Waals surface area contributed by atoms with E-state index in [2.05, 4.69) is 17.3 Å². The summed E-state index contributed by atoms with van der Waals surface area (Å²) in [6, 6.07) is 0. The molecule has 1 atom stereocenters. The smallest absolute Gasteiger partial charge is 0.0700 e. The van der Waals surface area contributed by atoms with Gasteiger partial charge in [0.25, 0.3) is 0 Å². The zero-order chi connectivity index (χ0) is 10.7. The van der Waals surface area contributed by atoms with Crippen molar-refractivity contribution in [2.24, 2.45) is 7.05 Å². The second-order valence-electron chi connectivity index (χ2n) is 4.14. The summed E-state index contributed by atoms with van der Waals surface area (Å²) in [4.78, 5) is 0. The SMILES string of the molecule is Cc1c(CNCC2CCCO2)cnn1C. The molecule has 1 N–H and O–H groups in total. The Morgan fingerprint density at radius 2 is 2.53 bits per heavy atom. The van der Waals surface area contributed by atoms with Crippen LogP contribution in [0, 0.1) is 6.92 Å². The van der Waals surface area contributed by atoms with Gasteiger partial charge < -0.3 is 10.1 Å². The highest BCUT2D eigenvalue weighted by Gasteiger charge is 2.14. The van der Waals surface area contributed by atoms with Gasteiger partial charge >= 0.3 is 0 Å². The lowest BCUT2D eigenvalue weighted by Gasteiger charge is -2.10. The molecule has 0 radical (unpaired) electrons. The first-order valence-corrected chi connectivity index (χ1v) is 5.57. The molecule has 0 aliphatic carbocycles. The number of hydrogen-bond acceptors (Lipinski definition) is 3. The molecule has 0 bridgehead atoms. The number of ether oxygens (including phenoxy) is 1. The van der Waals surface area contributed by atoms with Crippen LogP contribution in [0.5, 0.6) is 0 Å². The topological polar surface area (TPSA) is 39.1 Å². The maximum absolute atomic E-state index is 5.54. The molecule has 1 saturated heterocycles. The van der Waals surface area contributed by atoms with Gasteiger partial charge in [-0.05, 0) is 19.8 Å². The standard InChI is InChI=1S/C11H19N3O/c1-9-10(7-13-14(9)2)6-12-8-11-4-3-5-15-11/h7,11-12H,3-6,8H2,1-2H3. The largest absolute Gasteiger partial charge is 0.377 e. The van der Waals surface area contributed by atoms with E-state index >= 15 is 0 Å². The highest BCUT2D eigenvalue weighted by Crippen LogP contribution is 2.11. The molecule has 0 spiro atoms. The molecular weight excluding hydrogens is 190 g/mol. The zero-order valence-electron chi connectivity index (χ0n) is 9.49. The van der Waals surface area contributed by atoms with Gasteiger partial charge in [-0.1, -0.05) is 0 Å². The van der Waals surface area contributed by atoms with Crippen LogP contribution in [0.15, 0.2) is 6.20 Å². The molecule has 0 aromatic carbocycles. The molecule has 0 amide bonds. The van der Waals surface area contributed by atoms with Crippen molar-refractivity contribution in [3.63, 3.8) is 0 Å². The van der Waals surface area contributed by atoms with E-state index in [4.69, 9.17) is 4.74 Å². The molecule has 4 nitrogen and oxygen atoms in total. The highest BCUT2D eigenvalue weighted by molar-refractivity contribution is 5.15. The molecule has 0 saturated carbocycles. The normalized spacial score (nSPS) is 21.1. The number of rotatable bonds is 4. The first kappa shape index (κ1) is 10.6. The van der Waals surface area contributed by atoms with E-state index in [0.29, 0.717) is 6.10 Å². The Labute approximate surface area is 90.6 Å². The Balaban J connectivity index is 1.75. The summed E-state index contributed by atoms with van der Waals surface area (Å²) in [5.74, 6) is 0. The Bertz CT molecular complexity index is 316.